The van der Waals surface area contributed by atoms with Crippen molar-refractivity contribution >= 4 is 27.8 Å². The Morgan fingerprint density at radius 3 is 2.31 bits per heavy atom. The molecule has 0 fully saturated rings. The second kappa shape index (κ2) is 9.89. The SMILES string of the molecule is COc1ccc(S(=O)(=O)NCC(=O)N/N=C\c2ccc(N(C)C)cc2)cc1OC. The van der Waals surface area contributed by atoms with E-state index in [-0.39, 0.29) is 10.6 Å². The van der Waals surface area contributed by atoms with Crippen molar-refractivity contribution in [3.05, 3.63) is 48.0 Å². The van der Waals surface area contributed by atoms with Gasteiger partial charge in [-0.3, -0.25) is 4.79 Å². The molecule has 0 aliphatic rings. The molecule has 156 valence electrons. The molecule has 0 spiro atoms. The lowest BCUT2D eigenvalue weighted by Gasteiger charge is -2.11. The molecule has 10 heteroatoms. The molecule has 1 amide bonds. The topological polar surface area (TPSA) is 109 Å². The summed E-state index contributed by atoms with van der Waals surface area (Å²) in [6.07, 6.45) is 1.47. The van der Waals surface area contributed by atoms with Gasteiger partial charge in [0.15, 0.2) is 11.5 Å². The van der Waals surface area contributed by atoms with Crippen LogP contribution in [0.15, 0.2) is 52.5 Å². The van der Waals surface area contributed by atoms with E-state index < -0.39 is 22.5 Å². The molecular weight excluding hydrogens is 396 g/mol. The molecule has 2 aromatic carbocycles. The molecule has 2 rings (SSSR count). The zero-order chi connectivity index (χ0) is 21.4. The first kappa shape index (κ1) is 22.2. The number of carbonyl (C=O) groups is 1. The van der Waals surface area contributed by atoms with Crippen molar-refractivity contribution in [1.29, 1.82) is 0 Å². The summed E-state index contributed by atoms with van der Waals surface area (Å²) in [5, 5.41) is 3.83. The number of methoxy groups -OCH3 is 2. The molecule has 0 aromatic heterocycles. The Morgan fingerprint density at radius 1 is 1.07 bits per heavy atom. The van der Waals surface area contributed by atoms with Crippen molar-refractivity contribution < 1.29 is 22.7 Å². The monoisotopic (exact) mass is 420 g/mol. The Morgan fingerprint density at radius 2 is 1.72 bits per heavy atom. The van der Waals surface area contributed by atoms with Crippen LogP contribution in [0.5, 0.6) is 11.5 Å². The highest BCUT2D eigenvalue weighted by atomic mass is 32.2. The van der Waals surface area contributed by atoms with Crippen LogP contribution in [0, 0.1) is 0 Å². The number of rotatable bonds is 9. The standard InChI is InChI=1S/C19H24N4O5S/c1-23(2)15-7-5-14(6-8-15)12-20-22-19(24)13-21-29(25,26)16-9-10-17(27-3)18(11-16)28-4/h5-12,21H,13H2,1-4H3,(H,22,24)/b20-12-. The van der Waals surface area contributed by atoms with Crippen molar-refractivity contribution in [2.45, 2.75) is 4.90 Å². The molecule has 0 aliphatic heterocycles. The Labute approximate surface area is 170 Å². The number of ether oxygens (including phenoxy) is 2. The van der Waals surface area contributed by atoms with Gasteiger partial charge in [-0.2, -0.15) is 5.10 Å². The van der Waals surface area contributed by atoms with Gasteiger partial charge in [0.1, 0.15) is 0 Å². The molecule has 0 radical (unpaired) electrons. The van der Waals surface area contributed by atoms with Crippen LogP contribution in [-0.2, 0) is 14.8 Å². The van der Waals surface area contributed by atoms with Crippen LogP contribution in [0.3, 0.4) is 0 Å². The maximum Gasteiger partial charge on any atom is 0.255 e. The smallest absolute Gasteiger partial charge is 0.255 e. The summed E-state index contributed by atoms with van der Waals surface area (Å²) in [6, 6.07) is 11.7. The van der Waals surface area contributed by atoms with Crippen molar-refractivity contribution in [3.63, 3.8) is 0 Å². The zero-order valence-corrected chi connectivity index (χ0v) is 17.5. The quantitative estimate of drug-likeness (QED) is 0.466. The van der Waals surface area contributed by atoms with E-state index in [0.29, 0.717) is 5.75 Å². The molecular formula is C19H24N4O5S. The van der Waals surface area contributed by atoms with E-state index in [9.17, 15) is 13.2 Å². The van der Waals surface area contributed by atoms with Gasteiger partial charge in [0.05, 0.1) is 31.9 Å². The first-order chi connectivity index (χ1) is 13.8. The zero-order valence-electron chi connectivity index (χ0n) is 16.7. The highest BCUT2D eigenvalue weighted by Gasteiger charge is 2.18. The number of anilines is 1. The minimum Gasteiger partial charge on any atom is -0.493 e. The predicted octanol–water partition coefficient (Wildman–Crippen LogP) is 1.20. The summed E-state index contributed by atoms with van der Waals surface area (Å²) in [5.74, 6) is 0.0667. The first-order valence-corrected chi connectivity index (χ1v) is 10.1. The van der Waals surface area contributed by atoms with Gasteiger partial charge in [-0.1, -0.05) is 12.1 Å². The molecule has 0 unspecified atom stereocenters. The van der Waals surface area contributed by atoms with Crippen LogP contribution >= 0.6 is 0 Å². The summed E-state index contributed by atoms with van der Waals surface area (Å²) in [5.41, 5.74) is 4.11. The van der Waals surface area contributed by atoms with Gasteiger partial charge in [0.2, 0.25) is 10.0 Å². The van der Waals surface area contributed by atoms with Crippen molar-refractivity contribution in [2.24, 2.45) is 5.10 Å². The maximum atomic E-state index is 12.4. The lowest BCUT2D eigenvalue weighted by molar-refractivity contribution is -0.119. The van der Waals surface area contributed by atoms with E-state index in [2.05, 4.69) is 15.2 Å². The van der Waals surface area contributed by atoms with Gasteiger partial charge in [-0.25, -0.2) is 18.6 Å². The van der Waals surface area contributed by atoms with Gasteiger partial charge >= 0.3 is 0 Å². The van der Waals surface area contributed by atoms with E-state index in [1.807, 2.05) is 43.3 Å². The predicted molar refractivity (Wildman–Crippen MR) is 111 cm³/mol. The van der Waals surface area contributed by atoms with E-state index in [4.69, 9.17) is 9.47 Å². The summed E-state index contributed by atoms with van der Waals surface area (Å²) in [4.78, 5) is 13.8. The average molecular weight is 420 g/mol. The van der Waals surface area contributed by atoms with Gasteiger partial charge in [-0.15, -0.1) is 0 Å². The maximum absolute atomic E-state index is 12.4. The third-order valence-electron chi connectivity index (χ3n) is 3.90. The number of sulfonamides is 1. The Bertz CT molecular complexity index is 973. The van der Waals surface area contributed by atoms with Crippen LogP contribution in [0.4, 0.5) is 5.69 Å². The van der Waals surface area contributed by atoms with Gasteiger partial charge in [0.25, 0.3) is 5.91 Å². The molecule has 0 saturated heterocycles. The first-order valence-electron chi connectivity index (χ1n) is 8.58. The van der Waals surface area contributed by atoms with Crippen LogP contribution < -0.4 is 24.5 Å². The van der Waals surface area contributed by atoms with E-state index >= 15 is 0 Å². The fourth-order valence-corrected chi connectivity index (χ4v) is 3.30. The molecule has 29 heavy (non-hydrogen) atoms. The van der Waals surface area contributed by atoms with Crippen molar-refractivity contribution in [2.75, 3.05) is 39.8 Å². The average Bonchev–Trinajstić information content (AvgIpc) is 2.72. The van der Waals surface area contributed by atoms with Crippen LogP contribution in [0.2, 0.25) is 0 Å². The van der Waals surface area contributed by atoms with Gasteiger partial charge < -0.3 is 14.4 Å². The number of hydrogen-bond acceptors (Lipinski definition) is 7. The number of hydrazone groups is 1. The highest BCUT2D eigenvalue weighted by Crippen LogP contribution is 2.29. The summed E-state index contributed by atoms with van der Waals surface area (Å²) in [7, 11) is 2.82. The molecule has 9 nitrogen and oxygen atoms in total. The van der Waals surface area contributed by atoms with Crippen molar-refractivity contribution in [3.8, 4) is 11.5 Å². The molecule has 0 bridgehead atoms. The number of amides is 1. The number of nitrogens with one attached hydrogen (secondary N) is 2. The Hall–Kier alpha value is -3.11. The fourth-order valence-electron chi connectivity index (χ4n) is 2.30. The number of carbonyl (C=O) groups excluding carboxylic acids is 1. The third-order valence-corrected chi connectivity index (χ3v) is 5.30. The number of hydrogen-bond donors (Lipinski definition) is 2. The molecule has 0 atom stereocenters. The van der Waals surface area contributed by atoms with Crippen molar-refractivity contribution in [1.82, 2.24) is 10.1 Å². The highest BCUT2D eigenvalue weighted by molar-refractivity contribution is 7.89. The number of benzene rings is 2. The minimum atomic E-state index is -3.91. The molecule has 0 aliphatic carbocycles. The lowest BCUT2D eigenvalue weighted by atomic mass is 10.2. The second-order valence-electron chi connectivity index (χ2n) is 6.12. The Balaban J connectivity index is 1.92. The fraction of sp³-hybridized carbons (Fsp3) is 0.263. The molecule has 2 N–H and O–H groups in total. The number of nitrogens with zero attached hydrogens (tertiary/aromatic N) is 2. The van der Waals surface area contributed by atoms with E-state index in [1.165, 1.54) is 38.6 Å². The normalized spacial score (nSPS) is 11.3. The van der Waals surface area contributed by atoms with E-state index in [0.717, 1.165) is 11.3 Å². The minimum absolute atomic E-state index is 0.0487. The van der Waals surface area contributed by atoms with Crippen LogP contribution in [-0.4, -0.2) is 55.4 Å². The molecule has 0 saturated carbocycles. The van der Waals surface area contributed by atoms with Crippen LogP contribution in [0.25, 0.3) is 0 Å². The summed E-state index contributed by atoms with van der Waals surface area (Å²) >= 11 is 0. The molecule has 0 heterocycles. The van der Waals surface area contributed by atoms with E-state index in [1.54, 1.807) is 0 Å². The van der Waals surface area contributed by atoms with Crippen LogP contribution in [0.1, 0.15) is 5.56 Å². The summed E-state index contributed by atoms with van der Waals surface area (Å²) in [6.45, 7) is -0.465. The third kappa shape index (κ3) is 6.19. The molecule has 2 aromatic rings. The van der Waals surface area contributed by atoms with Gasteiger partial charge in [-0.05, 0) is 29.8 Å². The lowest BCUT2D eigenvalue weighted by Crippen LogP contribution is -2.34. The van der Waals surface area contributed by atoms with Gasteiger partial charge in [0, 0.05) is 25.8 Å². The second-order valence-corrected chi connectivity index (χ2v) is 7.89. The largest absolute Gasteiger partial charge is 0.493 e. The Kier molecular flexibility index (Phi) is 7.57. The summed E-state index contributed by atoms with van der Waals surface area (Å²) < 4.78 is 37.1.